The first-order valence-corrected chi connectivity index (χ1v) is 10.5. The van der Waals surface area contributed by atoms with Gasteiger partial charge in [0, 0.05) is 0 Å². The van der Waals surface area contributed by atoms with Crippen molar-refractivity contribution in [1.82, 2.24) is 16.0 Å². The molecule has 12 heteroatoms. The van der Waals surface area contributed by atoms with E-state index in [1.54, 1.807) is 13.8 Å². The monoisotopic (exact) mass is 434 g/mol. The Morgan fingerprint density at radius 1 is 1.00 bits per heavy atom. The van der Waals surface area contributed by atoms with Crippen LogP contribution < -0.4 is 21.7 Å². The van der Waals surface area contributed by atoms with E-state index in [0.29, 0.717) is 18.6 Å². The molecular formula is C17H30N4O7S. The van der Waals surface area contributed by atoms with Crippen molar-refractivity contribution < 1.29 is 34.2 Å². The van der Waals surface area contributed by atoms with Gasteiger partial charge >= 0.3 is 11.9 Å². The van der Waals surface area contributed by atoms with Crippen LogP contribution in [0.1, 0.15) is 33.1 Å². The van der Waals surface area contributed by atoms with E-state index in [0.717, 1.165) is 0 Å². The molecule has 4 unspecified atom stereocenters. The van der Waals surface area contributed by atoms with Crippen LogP contribution in [0.3, 0.4) is 0 Å². The maximum atomic E-state index is 12.7. The van der Waals surface area contributed by atoms with Gasteiger partial charge in [0.1, 0.15) is 18.1 Å². The Kier molecular flexibility index (Phi) is 12.7. The Labute approximate surface area is 173 Å². The molecule has 4 atom stereocenters. The standard InChI is InChI=1S/C17H30N4O7S/c1-4-9(2)14(16(26)20-11(17(27)28)7-13(23)24)21-15(25)10(5-6-29-3)19-12(22)8-18/h9-11,14H,4-8,18H2,1-3H3,(H,19,22)(H,20,26)(H,21,25)(H,23,24)(H,27,28). The highest BCUT2D eigenvalue weighted by Gasteiger charge is 2.32. The molecule has 0 aromatic rings. The zero-order valence-electron chi connectivity index (χ0n) is 16.8. The lowest BCUT2D eigenvalue weighted by atomic mass is 9.97. The van der Waals surface area contributed by atoms with E-state index in [1.165, 1.54) is 11.8 Å². The quantitative estimate of drug-likeness (QED) is 0.194. The fourth-order valence-corrected chi connectivity index (χ4v) is 2.82. The first-order valence-electron chi connectivity index (χ1n) is 9.10. The van der Waals surface area contributed by atoms with Crippen molar-refractivity contribution >= 4 is 41.4 Å². The fourth-order valence-electron chi connectivity index (χ4n) is 2.35. The molecule has 29 heavy (non-hydrogen) atoms. The summed E-state index contributed by atoms with van der Waals surface area (Å²) in [6, 6.07) is -3.64. The minimum atomic E-state index is -1.63. The molecule has 0 rings (SSSR count). The Bertz CT molecular complexity index is 602. The van der Waals surface area contributed by atoms with Crippen LogP contribution in [-0.4, -0.2) is 76.6 Å². The average molecular weight is 435 g/mol. The Hall–Kier alpha value is -2.34. The topological polar surface area (TPSA) is 188 Å². The maximum Gasteiger partial charge on any atom is 0.326 e. The predicted molar refractivity (Wildman–Crippen MR) is 107 cm³/mol. The van der Waals surface area contributed by atoms with Crippen molar-refractivity contribution in [3.63, 3.8) is 0 Å². The molecule has 0 spiro atoms. The minimum absolute atomic E-state index is 0.298. The van der Waals surface area contributed by atoms with Crippen LogP contribution >= 0.6 is 11.8 Å². The van der Waals surface area contributed by atoms with Crippen LogP contribution in [0.4, 0.5) is 0 Å². The minimum Gasteiger partial charge on any atom is -0.481 e. The zero-order chi connectivity index (χ0) is 22.6. The summed E-state index contributed by atoms with van der Waals surface area (Å²) in [6.45, 7) is 3.17. The number of aliphatic carboxylic acids is 2. The molecule has 0 radical (unpaired) electrons. The number of nitrogens with two attached hydrogens (primary N) is 1. The second kappa shape index (κ2) is 13.8. The number of amides is 3. The SMILES string of the molecule is CCC(C)C(NC(=O)C(CCSC)NC(=O)CN)C(=O)NC(CC(=O)O)C(=O)O. The van der Waals surface area contributed by atoms with Crippen molar-refractivity contribution in [1.29, 1.82) is 0 Å². The molecule has 7 N–H and O–H groups in total. The van der Waals surface area contributed by atoms with Gasteiger partial charge in [-0.05, 0) is 24.3 Å². The van der Waals surface area contributed by atoms with E-state index in [4.69, 9.17) is 15.9 Å². The van der Waals surface area contributed by atoms with Gasteiger partial charge < -0.3 is 31.9 Å². The summed E-state index contributed by atoms with van der Waals surface area (Å²) in [4.78, 5) is 58.9. The highest BCUT2D eigenvalue weighted by molar-refractivity contribution is 7.98. The second-order valence-corrected chi connectivity index (χ2v) is 7.46. The van der Waals surface area contributed by atoms with Crippen LogP contribution in [0.25, 0.3) is 0 Å². The third-order valence-corrected chi connectivity index (χ3v) is 4.88. The van der Waals surface area contributed by atoms with E-state index in [2.05, 4.69) is 16.0 Å². The molecule has 3 amide bonds. The summed E-state index contributed by atoms with van der Waals surface area (Å²) in [5.41, 5.74) is 5.27. The van der Waals surface area contributed by atoms with Gasteiger partial charge in [0.05, 0.1) is 13.0 Å². The van der Waals surface area contributed by atoms with Crippen molar-refractivity contribution in [3.8, 4) is 0 Å². The molecule has 0 aliphatic heterocycles. The van der Waals surface area contributed by atoms with Crippen molar-refractivity contribution in [2.45, 2.75) is 51.2 Å². The van der Waals surface area contributed by atoms with E-state index in [-0.39, 0.29) is 12.5 Å². The molecule has 0 aromatic heterocycles. The van der Waals surface area contributed by atoms with Crippen molar-refractivity contribution in [2.75, 3.05) is 18.6 Å². The highest BCUT2D eigenvalue weighted by atomic mass is 32.2. The van der Waals surface area contributed by atoms with E-state index >= 15 is 0 Å². The summed E-state index contributed by atoms with van der Waals surface area (Å²) in [5, 5.41) is 25.1. The second-order valence-electron chi connectivity index (χ2n) is 6.47. The maximum absolute atomic E-state index is 12.7. The number of thioether (sulfide) groups is 1. The molecule has 11 nitrogen and oxygen atoms in total. The van der Waals surface area contributed by atoms with Gasteiger partial charge in [-0.1, -0.05) is 20.3 Å². The number of carboxylic acids is 2. The molecule has 0 saturated heterocycles. The third-order valence-electron chi connectivity index (χ3n) is 4.23. The molecule has 0 aliphatic rings. The molecule has 0 aromatic carbocycles. The van der Waals surface area contributed by atoms with Crippen molar-refractivity contribution in [2.24, 2.45) is 11.7 Å². The van der Waals surface area contributed by atoms with Gasteiger partial charge in [-0.15, -0.1) is 0 Å². The van der Waals surface area contributed by atoms with Crippen LogP contribution in [0.2, 0.25) is 0 Å². The number of carbonyl (C=O) groups excluding carboxylic acids is 3. The Morgan fingerprint density at radius 2 is 1.62 bits per heavy atom. The molecule has 0 aliphatic carbocycles. The lowest BCUT2D eigenvalue weighted by Crippen LogP contribution is -2.58. The first-order chi connectivity index (χ1) is 13.6. The normalized spacial score (nSPS) is 14.8. The van der Waals surface area contributed by atoms with E-state index in [9.17, 15) is 24.0 Å². The molecular weight excluding hydrogens is 404 g/mol. The van der Waals surface area contributed by atoms with Crippen LogP contribution in [0, 0.1) is 5.92 Å². The smallest absolute Gasteiger partial charge is 0.326 e. The fraction of sp³-hybridized carbons (Fsp3) is 0.706. The van der Waals surface area contributed by atoms with Crippen LogP contribution in [0.15, 0.2) is 0 Å². The molecule has 0 saturated carbocycles. The lowest BCUT2D eigenvalue weighted by molar-refractivity contribution is -0.147. The van der Waals surface area contributed by atoms with Gasteiger partial charge in [-0.25, -0.2) is 4.79 Å². The van der Waals surface area contributed by atoms with Gasteiger partial charge in [-0.2, -0.15) is 11.8 Å². The molecule has 166 valence electrons. The van der Waals surface area contributed by atoms with Gasteiger partial charge in [0.2, 0.25) is 17.7 Å². The molecule has 0 fully saturated rings. The summed E-state index contributed by atoms with van der Waals surface area (Å²) in [7, 11) is 0. The zero-order valence-corrected chi connectivity index (χ0v) is 17.6. The number of hydrogen-bond acceptors (Lipinski definition) is 7. The van der Waals surface area contributed by atoms with E-state index < -0.39 is 54.2 Å². The number of carbonyl (C=O) groups is 5. The highest BCUT2D eigenvalue weighted by Crippen LogP contribution is 2.10. The average Bonchev–Trinajstić information content (AvgIpc) is 2.66. The lowest BCUT2D eigenvalue weighted by Gasteiger charge is -2.27. The number of rotatable bonds is 14. The van der Waals surface area contributed by atoms with Gasteiger partial charge in [0.15, 0.2) is 0 Å². The molecule has 0 bridgehead atoms. The number of carboxylic acid groups (broad SMARTS) is 2. The van der Waals surface area contributed by atoms with Crippen LogP contribution in [0.5, 0.6) is 0 Å². The van der Waals surface area contributed by atoms with Gasteiger partial charge in [0.25, 0.3) is 0 Å². The number of hydrogen-bond donors (Lipinski definition) is 6. The van der Waals surface area contributed by atoms with Gasteiger partial charge in [-0.3, -0.25) is 19.2 Å². The summed E-state index contributed by atoms with van der Waals surface area (Å²) in [5.74, 6) is -4.62. The largest absolute Gasteiger partial charge is 0.481 e. The summed E-state index contributed by atoms with van der Waals surface area (Å²) >= 11 is 1.47. The van der Waals surface area contributed by atoms with Crippen molar-refractivity contribution in [3.05, 3.63) is 0 Å². The summed E-state index contributed by atoms with van der Waals surface area (Å²) in [6.07, 6.45) is 1.83. The Balaban J connectivity index is 5.39. The Morgan fingerprint density at radius 3 is 2.07 bits per heavy atom. The predicted octanol–water partition coefficient (Wildman–Crippen LogP) is -1.24. The van der Waals surface area contributed by atoms with Crippen LogP contribution in [-0.2, 0) is 24.0 Å². The first kappa shape index (κ1) is 26.7. The van der Waals surface area contributed by atoms with E-state index in [1.807, 2.05) is 6.26 Å². The third kappa shape index (κ3) is 10.1. The summed E-state index contributed by atoms with van der Waals surface area (Å²) < 4.78 is 0. The number of nitrogens with one attached hydrogen (secondary N) is 3. The molecule has 0 heterocycles.